The Balaban J connectivity index is 2.00. The topological polar surface area (TPSA) is 62.5 Å². The van der Waals surface area contributed by atoms with E-state index in [1.165, 1.54) is 6.92 Å². The molecule has 1 saturated heterocycles. The number of aromatic nitrogens is 3. The number of hydrogen-bond acceptors (Lipinski definition) is 4. The van der Waals surface area contributed by atoms with Gasteiger partial charge in [-0.3, -0.25) is 4.79 Å². The van der Waals surface area contributed by atoms with Gasteiger partial charge in [-0.2, -0.15) is 5.10 Å². The third-order valence-electron chi connectivity index (χ3n) is 3.53. The van der Waals surface area contributed by atoms with Gasteiger partial charge in [0.15, 0.2) is 5.65 Å². The summed E-state index contributed by atoms with van der Waals surface area (Å²) < 4.78 is 1.66. The Bertz CT molecular complexity index is 663. The van der Waals surface area contributed by atoms with Crippen LogP contribution in [0.3, 0.4) is 0 Å². The minimum atomic E-state index is -0.128. The normalized spacial score (nSPS) is 18.4. The maximum Gasteiger partial charge on any atom is 0.221 e. The lowest BCUT2D eigenvalue weighted by atomic mass is 10.2. The number of nitrogens with zero attached hydrogens (tertiary/aromatic N) is 4. The number of hydrogen-bond donors (Lipinski definition) is 1. The first kappa shape index (κ1) is 12.7. The molecule has 0 aromatic carbocycles. The van der Waals surface area contributed by atoms with Crippen molar-refractivity contribution in [1.29, 1.82) is 0 Å². The molecule has 0 spiro atoms. The van der Waals surface area contributed by atoms with E-state index < -0.39 is 0 Å². The van der Waals surface area contributed by atoms with Crippen molar-refractivity contribution in [3.63, 3.8) is 0 Å². The summed E-state index contributed by atoms with van der Waals surface area (Å²) in [5, 5.41) is 6.93. The number of nitrogens with one attached hydrogen (secondary N) is 1. The fraction of sp³-hybridized carbons (Fsp3) is 0.357. The van der Waals surface area contributed by atoms with Gasteiger partial charge in [0, 0.05) is 25.7 Å². The average molecular weight is 271 g/mol. The molecule has 6 heteroatoms. The standard InChI is InChI=1S/C14H17N5O/c1-3-11-5-4-7-18(11)13-6-8-19-14(17-13)12(9-15-19)16-10(2)20/h3,6,8-9,11H,1,4-5,7H2,2H3,(H,16,20)/t11-/m0/s1. The van der Waals surface area contributed by atoms with Gasteiger partial charge in [-0.05, 0) is 18.9 Å². The average Bonchev–Trinajstić information content (AvgIpc) is 3.04. The molecule has 1 atom stereocenters. The minimum absolute atomic E-state index is 0.128. The summed E-state index contributed by atoms with van der Waals surface area (Å²) in [5.41, 5.74) is 1.29. The van der Waals surface area contributed by atoms with Crippen LogP contribution in [0.2, 0.25) is 0 Å². The molecular formula is C14H17N5O. The zero-order valence-corrected chi connectivity index (χ0v) is 11.4. The highest BCUT2D eigenvalue weighted by atomic mass is 16.1. The van der Waals surface area contributed by atoms with Crippen LogP contribution in [0, 0.1) is 0 Å². The predicted molar refractivity (Wildman–Crippen MR) is 77.9 cm³/mol. The summed E-state index contributed by atoms with van der Waals surface area (Å²) in [7, 11) is 0. The van der Waals surface area contributed by atoms with E-state index in [1.54, 1.807) is 10.7 Å². The summed E-state index contributed by atoms with van der Waals surface area (Å²) in [6.07, 6.45) is 7.68. The SMILES string of the molecule is C=C[C@H]1CCCN1c1ccn2ncc(NC(C)=O)c2n1. The summed E-state index contributed by atoms with van der Waals surface area (Å²) in [6, 6.07) is 2.27. The largest absolute Gasteiger partial charge is 0.350 e. The number of anilines is 2. The van der Waals surface area contributed by atoms with E-state index in [0.29, 0.717) is 17.4 Å². The Morgan fingerprint density at radius 3 is 3.20 bits per heavy atom. The fourth-order valence-corrected chi connectivity index (χ4v) is 2.62. The molecule has 0 radical (unpaired) electrons. The molecule has 1 fully saturated rings. The van der Waals surface area contributed by atoms with Crippen LogP contribution >= 0.6 is 0 Å². The Morgan fingerprint density at radius 2 is 2.45 bits per heavy atom. The van der Waals surface area contributed by atoms with Gasteiger partial charge >= 0.3 is 0 Å². The smallest absolute Gasteiger partial charge is 0.221 e. The van der Waals surface area contributed by atoms with Gasteiger partial charge in [0.1, 0.15) is 11.5 Å². The quantitative estimate of drug-likeness (QED) is 0.865. The Kier molecular flexibility index (Phi) is 3.14. The van der Waals surface area contributed by atoms with Gasteiger partial charge in [0.2, 0.25) is 5.91 Å². The van der Waals surface area contributed by atoms with Crippen LogP contribution in [0.4, 0.5) is 11.5 Å². The van der Waals surface area contributed by atoms with Crippen molar-refractivity contribution in [1.82, 2.24) is 14.6 Å². The van der Waals surface area contributed by atoms with Crippen LogP contribution in [-0.2, 0) is 4.79 Å². The van der Waals surface area contributed by atoms with Crippen molar-refractivity contribution in [2.75, 3.05) is 16.8 Å². The van der Waals surface area contributed by atoms with Gasteiger partial charge in [0.05, 0.1) is 6.20 Å². The Hall–Kier alpha value is -2.37. The predicted octanol–water partition coefficient (Wildman–Crippen LogP) is 1.84. The van der Waals surface area contributed by atoms with Crippen LogP contribution in [0.5, 0.6) is 0 Å². The molecule has 0 bridgehead atoms. The van der Waals surface area contributed by atoms with Gasteiger partial charge in [0.25, 0.3) is 0 Å². The van der Waals surface area contributed by atoms with Gasteiger partial charge in [-0.15, -0.1) is 6.58 Å². The van der Waals surface area contributed by atoms with Crippen molar-refractivity contribution in [3.05, 3.63) is 31.1 Å². The molecule has 3 heterocycles. The Labute approximate surface area is 117 Å². The monoisotopic (exact) mass is 271 g/mol. The van der Waals surface area contributed by atoms with Crippen LogP contribution in [0.15, 0.2) is 31.1 Å². The first-order chi connectivity index (χ1) is 9.69. The molecule has 2 aromatic rings. The van der Waals surface area contributed by atoms with E-state index in [4.69, 9.17) is 0 Å². The second-order valence-corrected chi connectivity index (χ2v) is 4.93. The first-order valence-electron chi connectivity index (χ1n) is 6.70. The number of fused-ring (bicyclic) bond motifs is 1. The van der Waals surface area contributed by atoms with Crippen molar-refractivity contribution >= 4 is 23.1 Å². The zero-order valence-electron chi connectivity index (χ0n) is 11.4. The third kappa shape index (κ3) is 2.13. The molecule has 1 aliphatic rings. The highest BCUT2D eigenvalue weighted by Crippen LogP contribution is 2.26. The van der Waals surface area contributed by atoms with Crippen molar-refractivity contribution < 1.29 is 4.79 Å². The van der Waals surface area contributed by atoms with Gasteiger partial charge < -0.3 is 10.2 Å². The number of rotatable bonds is 3. The summed E-state index contributed by atoms with van der Waals surface area (Å²) in [4.78, 5) is 18.1. The molecule has 1 N–H and O–H groups in total. The number of carbonyl (C=O) groups is 1. The van der Waals surface area contributed by atoms with Crippen molar-refractivity contribution in [2.24, 2.45) is 0 Å². The summed E-state index contributed by atoms with van der Waals surface area (Å²) in [6.45, 7) is 6.33. The molecule has 2 aromatic heterocycles. The van der Waals surface area contributed by atoms with Crippen molar-refractivity contribution in [3.8, 4) is 0 Å². The second kappa shape index (κ2) is 4.96. The molecule has 0 saturated carbocycles. The van der Waals surface area contributed by atoms with E-state index >= 15 is 0 Å². The highest BCUT2D eigenvalue weighted by molar-refractivity contribution is 5.92. The molecule has 20 heavy (non-hydrogen) atoms. The molecule has 0 unspecified atom stereocenters. The van der Waals surface area contributed by atoms with Crippen LogP contribution in [0.25, 0.3) is 5.65 Å². The highest BCUT2D eigenvalue weighted by Gasteiger charge is 2.23. The molecule has 3 rings (SSSR count). The lowest BCUT2D eigenvalue weighted by Crippen LogP contribution is -2.28. The van der Waals surface area contributed by atoms with E-state index in [2.05, 4.69) is 26.9 Å². The van der Waals surface area contributed by atoms with Crippen LogP contribution in [-0.4, -0.2) is 33.1 Å². The molecule has 104 valence electrons. The number of carbonyl (C=O) groups excluding carboxylic acids is 1. The maximum absolute atomic E-state index is 11.2. The molecule has 1 aliphatic heterocycles. The first-order valence-corrected chi connectivity index (χ1v) is 6.70. The Morgan fingerprint density at radius 1 is 1.60 bits per heavy atom. The molecule has 1 amide bonds. The minimum Gasteiger partial charge on any atom is -0.350 e. The number of amides is 1. The third-order valence-corrected chi connectivity index (χ3v) is 3.53. The lowest BCUT2D eigenvalue weighted by molar-refractivity contribution is -0.114. The van der Waals surface area contributed by atoms with Crippen LogP contribution < -0.4 is 10.2 Å². The second-order valence-electron chi connectivity index (χ2n) is 4.93. The van der Waals surface area contributed by atoms with Crippen molar-refractivity contribution in [2.45, 2.75) is 25.8 Å². The zero-order chi connectivity index (χ0) is 14.1. The maximum atomic E-state index is 11.2. The summed E-state index contributed by atoms with van der Waals surface area (Å²) in [5.74, 6) is 0.768. The van der Waals surface area contributed by atoms with Gasteiger partial charge in [-0.25, -0.2) is 9.50 Å². The van der Waals surface area contributed by atoms with E-state index in [0.717, 1.165) is 25.2 Å². The lowest BCUT2D eigenvalue weighted by Gasteiger charge is -2.23. The van der Waals surface area contributed by atoms with E-state index in [1.807, 2.05) is 18.3 Å². The molecular weight excluding hydrogens is 254 g/mol. The van der Waals surface area contributed by atoms with Crippen LogP contribution in [0.1, 0.15) is 19.8 Å². The fourth-order valence-electron chi connectivity index (χ4n) is 2.62. The summed E-state index contributed by atoms with van der Waals surface area (Å²) >= 11 is 0. The van der Waals surface area contributed by atoms with Gasteiger partial charge in [-0.1, -0.05) is 6.08 Å². The van der Waals surface area contributed by atoms with E-state index in [-0.39, 0.29) is 5.91 Å². The molecule has 0 aliphatic carbocycles. The molecule has 6 nitrogen and oxygen atoms in total. The van der Waals surface area contributed by atoms with E-state index in [9.17, 15) is 4.79 Å².